The molecule has 1 N–H and O–H groups in total. The fourth-order valence-electron chi connectivity index (χ4n) is 3.84. The molecule has 3 heterocycles. The van der Waals surface area contributed by atoms with E-state index in [9.17, 15) is 14.7 Å². The summed E-state index contributed by atoms with van der Waals surface area (Å²) in [6, 6.07) is 12.3. The number of likely N-dealkylation sites (tertiary alicyclic amines) is 1. The van der Waals surface area contributed by atoms with E-state index in [1.807, 2.05) is 42.6 Å². The van der Waals surface area contributed by atoms with Crippen molar-refractivity contribution in [3.63, 3.8) is 0 Å². The van der Waals surface area contributed by atoms with E-state index in [1.165, 1.54) is 22.5 Å². The lowest BCUT2D eigenvalue weighted by atomic mass is 9.84. The number of nitrogens with zero attached hydrogens (tertiary/aromatic N) is 1. The normalized spacial score (nSPS) is 18.7. The highest BCUT2D eigenvalue weighted by atomic mass is 32.1. The van der Waals surface area contributed by atoms with Gasteiger partial charge in [0.15, 0.2) is 0 Å². The first-order valence-corrected chi connectivity index (χ1v) is 11.0. The van der Waals surface area contributed by atoms with Crippen molar-refractivity contribution in [1.82, 2.24) is 4.90 Å². The molecular weight excluding hydrogens is 410 g/mol. The summed E-state index contributed by atoms with van der Waals surface area (Å²) in [6.45, 7) is 8.41. The quantitative estimate of drug-likeness (QED) is 0.330. The topological polar surface area (TPSA) is 70.8 Å². The number of thiophene rings is 1. The molecule has 2 aromatic heterocycles. The number of furan rings is 1. The number of hydrogen-bond acceptors (Lipinski definition) is 5. The van der Waals surface area contributed by atoms with Crippen LogP contribution >= 0.6 is 11.3 Å². The molecule has 160 valence electrons. The molecule has 3 aromatic rings. The van der Waals surface area contributed by atoms with Crippen molar-refractivity contribution in [2.24, 2.45) is 0 Å². The molecule has 1 aliphatic heterocycles. The molecular formula is C25H25NO4S. The van der Waals surface area contributed by atoms with Gasteiger partial charge in [0.1, 0.15) is 17.6 Å². The van der Waals surface area contributed by atoms with Crippen LogP contribution in [0.4, 0.5) is 0 Å². The number of carbonyl (C=O) groups is 2. The second kappa shape index (κ2) is 7.85. The summed E-state index contributed by atoms with van der Waals surface area (Å²) >= 11 is 1.51. The van der Waals surface area contributed by atoms with Crippen LogP contribution in [-0.2, 0) is 21.5 Å². The van der Waals surface area contributed by atoms with E-state index in [0.29, 0.717) is 11.3 Å². The molecule has 6 heteroatoms. The number of rotatable bonds is 4. The second-order valence-electron chi connectivity index (χ2n) is 8.80. The Bertz CT molecular complexity index is 1150. The van der Waals surface area contributed by atoms with E-state index in [2.05, 4.69) is 20.8 Å². The Kier molecular flexibility index (Phi) is 5.35. The maximum Gasteiger partial charge on any atom is 0.296 e. The summed E-state index contributed by atoms with van der Waals surface area (Å²) in [6.07, 6.45) is 1.51. The van der Waals surface area contributed by atoms with Gasteiger partial charge in [0.05, 0.1) is 18.4 Å². The summed E-state index contributed by atoms with van der Waals surface area (Å²) in [5, 5.41) is 13.3. The largest absolute Gasteiger partial charge is 0.507 e. The molecule has 0 bridgehead atoms. The molecule has 1 aromatic carbocycles. The number of amides is 1. The molecule has 0 saturated carbocycles. The predicted octanol–water partition coefficient (Wildman–Crippen LogP) is 5.57. The average Bonchev–Trinajstić information content (AvgIpc) is 3.46. The number of aryl methyl sites for hydroxylation is 1. The Hall–Kier alpha value is -3.12. The number of benzene rings is 1. The molecule has 0 spiro atoms. The highest BCUT2D eigenvalue weighted by Gasteiger charge is 2.47. The highest BCUT2D eigenvalue weighted by Crippen LogP contribution is 2.41. The summed E-state index contributed by atoms with van der Waals surface area (Å²) in [5.74, 6) is -1.06. The minimum absolute atomic E-state index is 0.0608. The number of aliphatic hydroxyl groups excluding tert-OH is 1. The first kappa shape index (κ1) is 21.1. The molecule has 1 aliphatic rings. The van der Waals surface area contributed by atoms with Crippen LogP contribution in [-0.4, -0.2) is 21.7 Å². The van der Waals surface area contributed by atoms with Crippen LogP contribution in [0.2, 0.25) is 0 Å². The molecule has 31 heavy (non-hydrogen) atoms. The number of hydrogen-bond donors (Lipinski definition) is 1. The smallest absolute Gasteiger partial charge is 0.296 e. The van der Waals surface area contributed by atoms with Gasteiger partial charge in [-0.2, -0.15) is 0 Å². The van der Waals surface area contributed by atoms with E-state index in [-0.39, 0.29) is 23.3 Å². The maximum absolute atomic E-state index is 13.1. The van der Waals surface area contributed by atoms with E-state index >= 15 is 0 Å². The van der Waals surface area contributed by atoms with Crippen LogP contribution in [0, 0.1) is 6.92 Å². The highest BCUT2D eigenvalue weighted by molar-refractivity contribution is 7.09. The van der Waals surface area contributed by atoms with Crippen molar-refractivity contribution in [3.8, 4) is 0 Å². The predicted molar refractivity (Wildman–Crippen MR) is 121 cm³/mol. The van der Waals surface area contributed by atoms with Crippen molar-refractivity contribution < 1.29 is 19.1 Å². The molecule has 1 unspecified atom stereocenters. The Morgan fingerprint density at radius 3 is 2.55 bits per heavy atom. The zero-order chi connectivity index (χ0) is 22.3. The van der Waals surface area contributed by atoms with E-state index in [1.54, 1.807) is 12.1 Å². The first-order chi connectivity index (χ1) is 14.7. The van der Waals surface area contributed by atoms with Gasteiger partial charge in [-0.15, -0.1) is 11.3 Å². The maximum atomic E-state index is 13.1. The number of Topliss-reactive ketones (excluding diaryl/α,β-unsaturated/α-hetero) is 1. The Labute approximate surface area is 185 Å². The Morgan fingerprint density at radius 1 is 1.16 bits per heavy atom. The lowest BCUT2D eigenvalue weighted by Crippen LogP contribution is -2.28. The average molecular weight is 436 g/mol. The molecule has 1 amide bonds. The zero-order valence-electron chi connectivity index (χ0n) is 18.0. The summed E-state index contributed by atoms with van der Waals surface area (Å²) in [7, 11) is 0. The summed E-state index contributed by atoms with van der Waals surface area (Å²) < 4.78 is 5.60. The first-order valence-electron chi connectivity index (χ1n) is 10.1. The molecule has 4 rings (SSSR count). The van der Waals surface area contributed by atoms with Gasteiger partial charge in [0, 0.05) is 10.4 Å². The van der Waals surface area contributed by atoms with E-state index in [0.717, 1.165) is 16.0 Å². The molecule has 1 fully saturated rings. The van der Waals surface area contributed by atoms with Crippen LogP contribution in [0.25, 0.3) is 5.76 Å². The Balaban J connectivity index is 1.88. The fourth-order valence-corrected chi connectivity index (χ4v) is 4.55. The zero-order valence-corrected chi connectivity index (χ0v) is 18.8. The molecule has 0 radical (unpaired) electrons. The third-order valence-corrected chi connectivity index (χ3v) is 6.48. The Morgan fingerprint density at radius 2 is 1.94 bits per heavy atom. The van der Waals surface area contributed by atoms with E-state index < -0.39 is 17.7 Å². The summed E-state index contributed by atoms with van der Waals surface area (Å²) in [5.41, 5.74) is 2.34. The molecule has 1 saturated heterocycles. The third kappa shape index (κ3) is 3.83. The van der Waals surface area contributed by atoms with Crippen LogP contribution in [0.15, 0.2) is 64.1 Å². The number of carbonyl (C=O) groups excluding carboxylic acids is 2. The minimum Gasteiger partial charge on any atom is -0.507 e. The van der Waals surface area contributed by atoms with Gasteiger partial charge in [-0.1, -0.05) is 39.0 Å². The van der Waals surface area contributed by atoms with Crippen molar-refractivity contribution >= 4 is 28.8 Å². The third-order valence-electron chi connectivity index (χ3n) is 5.62. The van der Waals surface area contributed by atoms with Crippen LogP contribution in [0.3, 0.4) is 0 Å². The summed E-state index contributed by atoms with van der Waals surface area (Å²) in [4.78, 5) is 28.5. The van der Waals surface area contributed by atoms with Crippen LogP contribution < -0.4 is 0 Å². The van der Waals surface area contributed by atoms with Crippen molar-refractivity contribution in [1.29, 1.82) is 0 Å². The van der Waals surface area contributed by atoms with Crippen LogP contribution in [0.5, 0.6) is 0 Å². The molecule has 1 atom stereocenters. The standard InChI is InChI=1S/C25H25NO4S/c1-15-9-10-16(25(2,3)4)13-18(15)22(27)20-21(19-8-5-11-30-19)26(24(29)23(20)28)14-17-7-6-12-31-17/h5-13,21,27H,14H2,1-4H3/b22-20+. The fraction of sp³-hybridized carbons (Fsp3) is 0.280. The van der Waals surface area contributed by atoms with E-state index in [4.69, 9.17) is 4.42 Å². The van der Waals surface area contributed by atoms with Crippen molar-refractivity contribution in [2.45, 2.75) is 45.7 Å². The molecule has 5 nitrogen and oxygen atoms in total. The van der Waals surface area contributed by atoms with Gasteiger partial charge in [0.2, 0.25) is 0 Å². The van der Waals surface area contributed by atoms with Gasteiger partial charge in [0.25, 0.3) is 11.7 Å². The molecule has 0 aliphatic carbocycles. The second-order valence-corrected chi connectivity index (χ2v) is 9.83. The van der Waals surface area contributed by atoms with Gasteiger partial charge in [-0.05, 0) is 53.1 Å². The van der Waals surface area contributed by atoms with Gasteiger partial charge in [-0.25, -0.2) is 0 Å². The van der Waals surface area contributed by atoms with Gasteiger partial charge in [-0.3, -0.25) is 9.59 Å². The minimum atomic E-state index is -0.783. The lowest BCUT2D eigenvalue weighted by molar-refractivity contribution is -0.140. The van der Waals surface area contributed by atoms with Crippen molar-refractivity contribution in [3.05, 3.63) is 87.0 Å². The van der Waals surface area contributed by atoms with Gasteiger partial charge >= 0.3 is 0 Å². The number of ketones is 1. The van der Waals surface area contributed by atoms with Crippen molar-refractivity contribution in [2.75, 3.05) is 0 Å². The SMILES string of the molecule is Cc1ccc(C(C)(C)C)cc1/C(O)=C1\C(=O)C(=O)N(Cc2cccs2)C1c1ccco1. The lowest BCUT2D eigenvalue weighted by Gasteiger charge is -2.23. The monoisotopic (exact) mass is 435 g/mol. The van der Waals surface area contributed by atoms with Gasteiger partial charge < -0.3 is 14.4 Å². The number of aliphatic hydroxyl groups is 1. The van der Waals surface area contributed by atoms with Crippen LogP contribution in [0.1, 0.15) is 54.1 Å².